The molecule has 0 unspecified atom stereocenters. The van der Waals surface area contributed by atoms with Gasteiger partial charge in [0.05, 0.1) is 18.4 Å². The zero-order chi connectivity index (χ0) is 19.9. The van der Waals surface area contributed by atoms with Crippen LogP contribution < -0.4 is 10.2 Å². The number of halogens is 2. The number of hydrogen-bond acceptors (Lipinski definition) is 4. The van der Waals surface area contributed by atoms with Crippen LogP contribution in [0.4, 0.5) is 25.1 Å². The van der Waals surface area contributed by atoms with E-state index in [1.165, 1.54) is 0 Å². The fraction of sp³-hybridized carbons (Fsp3) is 0.526. The topological polar surface area (TPSA) is 76.1 Å². The molecule has 28 heavy (non-hydrogen) atoms. The van der Waals surface area contributed by atoms with Crippen LogP contribution in [0.5, 0.6) is 0 Å². The summed E-state index contributed by atoms with van der Waals surface area (Å²) in [4.78, 5) is 28.1. The summed E-state index contributed by atoms with van der Waals surface area (Å²) in [5.74, 6) is -0.883. The SMILES string of the molecule is CC[C@@H]1CN(C(=O)NCC(C)(F)F)C[C@@H]1C1=CN=C2C=Nc3[nH]ccc3N2C1. The van der Waals surface area contributed by atoms with E-state index in [1.54, 1.807) is 11.1 Å². The minimum Gasteiger partial charge on any atom is -0.345 e. The van der Waals surface area contributed by atoms with Crippen LogP contribution in [0.15, 0.2) is 34.0 Å². The molecule has 7 nitrogen and oxygen atoms in total. The summed E-state index contributed by atoms with van der Waals surface area (Å²) in [6.45, 7) is 4.00. The third kappa shape index (κ3) is 3.53. The quantitative estimate of drug-likeness (QED) is 0.829. The molecule has 4 heterocycles. The number of carbonyl (C=O) groups is 1. The predicted molar refractivity (Wildman–Crippen MR) is 105 cm³/mol. The number of fused-ring (bicyclic) bond motifs is 3. The van der Waals surface area contributed by atoms with Gasteiger partial charge >= 0.3 is 6.03 Å². The zero-order valence-electron chi connectivity index (χ0n) is 16.0. The van der Waals surface area contributed by atoms with E-state index in [1.807, 2.05) is 18.5 Å². The molecule has 1 saturated heterocycles. The van der Waals surface area contributed by atoms with Crippen molar-refractivity contribution in [1.29, 1.82) is 0 Å². The Kier molecular flexibility index (Phi) is 4.68. The number of H-pyrrole nitrogens is 1. The van der Waals surface area contributed by atoms with E-state index in [0.717, 1.165) is 36.3 Å². The number of nitrogens with zero attached hydrogens (tertiary/aromatic N) is 4. The van der Waals surface area contributed by atoms with Gasteiger partial charge in [0.2, 0.25) is 0 Å². The van der Waals surface area contributed by atoms with Crippen LogP contribution in [0.3, 0.4) is 0 Å². The summed E-state index contributed by atoms with van der Waals surface area (Å²) >= 11 is 0. The van der Waals surface area contributed by atoms with Gasteiger partial charge in [0.25, 0.3) is 5.92 Å². The Hall–Kier alpha value is -2.71. The second-order valence-corrected chi connectivity index (χ2v) is 7.66. The molecule has 2 amide bonds. The lowest BCUT2D eigenvalue weighted by molar-refractivity contribution is 0.0241. The average Bonchev–Trinajstić information content (AvgIpc) is 3.31. The molecule has 2 N–H and O–H groups in total. The molecule has 9 heteroatoms. The smallest absolute Gasteiger partial charge is 0.317 e. The first-order valence-corrected chi connectivity index (χ1v) is 9.52. The fourth-order valence-electron chi connectivity index (χ4n) is 4.06. The number of amides is 2. The fourth-order valence-corrected chi connectivity index (χ4v) is 4.06. The normalized spacial score (nSPS) is 23.9. The maximum absolute atomic E-state index is 13.1. The Morgan fingerprint density at radius 2 is 2.25 bits per heavy atom. The van der Waals surface area contributed by atoms with Gasteiger partial charge in [-0.3, -0.25) is 0 Å². The molecule has 0 spiro atoms. The summed E-state index contributed by atoms with van der Waals surface area (Å²) in [6.07, 6.45) is 6.37. The lowest BCUT2D eigenvalue weighted by atomic mass is 9.86. The molecule has 3 aliphatic rings. The van der Waals surface area contributed by atoms with Gasteiger partial charge in [-0.25, -0.2) is 23.6 Å². The second-order valence-electron chi connectivity index (χ2n) is 7.66. The first kappa shape index (κ1) is 18.6. The molecule has 1 aromatic heterocycles. The zero-order valence-corrected chi connectivity index (χ0v) is 16.0. The van der Waals surface area contributed by atoms with Crippen LogP contribution in [0.1, 0.15) is 20.3 Å². The third-order valence-electron chi connectivity index (χ3n) is 5.56. The van der Waals surface area contributed by atoms with Gasteiger partial charge in [-0.05, 0) is 17.6 Å². The van der Waals surface area contributed by atoms with Crippen molar-refractivity contribution in [3.8, 4) is 0 Å². The maximum atomic E-state index is 13.1. The number of hydrogen-bond donors (Lipinski definition) is 2. The van der Waals surface area contributed by atoms with E-state index in [2.05, 4.69) is 32.1 Å². The van der Waals surface area contributed by atoms with Crippen molar-refractivity contribution in [3.05, 3.63) is 24.0 Å². The molecule has 0 bridgehead atoms. The van der Waals surface area contributed by atoms with Crippen molar-refractivity contribution in [2.24, 2.45) is 21.8 Å². The Morgan fingerprint density at radius 3 is 3.00 bits per heavy atom. The maximum Gasteiger partial charge on any atom is 0.317 e. The molecule has 0 aromatic carbocycles. The van der Waals surface area contributed by atoms with Crippen molar-refractivity contribution in [3.63, 3.8) is 0 Å². The number of nitrogens with one attached hydrogen (secondary N) is 2. The van der Waals surface area contributed by atoms with Gasteiger partial charge < -0.3 is 20.1 Å². The summed E-state index contributed by atoms with van der Waals surface area (Å²) in [5.41, 5.74) is 2.13. The number of rotatable bonds is 4. The minimum atomic E-state index is -2.92. The summed E-state index contributed by atoms with van der Waals surface area (Å²) in [5, 5.41) is 2.35. The molecule has 0 radical (unpaired) electrons. The number of likely N-dealkylation sites (tertiary alicyclic amines) is 1. The molecular formula is C19H24F2N6O. The van der Waals surface area contributed by atoms with Crippen LogP contribution in [-0.2, 0) is 0 Å². The van der Waals surface area contributed by atoms with Crippen LogP contribution in [0.2, 0.25) is 0 Å². The van der Waals surface area contributed by atoms with E-state index < -0.39 is 18.5 Å². The van der Waals surface area contributed by atoms with E-state index in [9.17, 15) is 13.6 Å². The highest BCUT2D eigenvalue weighted by molar-refractivity contribution is 6.38. The van der Waals surface area contributed by atoms with E-state index >= 15 is 0 Å². The Balaban J connectivity index is 1.48. The number of aromatic amines is 1. The van der Waals surface area contributed by atoms with Gasteiger partial charge in [0, 0.05) is 44.9 Å². The molecule has 0 saturated carbocycles. The summed E-state index contributed by atoms with van der Waals surface area (Å²) < 4.78 is 26.1. The van der Waals surface area contributed by atoms with Crippen LogP contribution >= 0.6 is 0 Å². The Bertz CT molecular complexity index is 853. The monoisotopic (exact) mass is 390 g/mol. The predicted octanol–water partition coefficient (Wildman–Crippen LogP) is 3.16. The number of aliphatic imine (C=N–C) groups is 2. The molecule has 1 aromatic rings. The lowest BCUT2D eigenvalue weighted by Crippen LogP contribution is -2.43. The van der Waals surface area contributed by atoms with Gasteiger partial charge in [-0.15, -0.1) is 0 Å². The van der Waals surface area contributed by atoms with E-state index in [-0.39, 0.29) is 11.8 Å². The molecule has 150 valence electrons. The molecule has 1 fully saturated rings. The Morgan fingerprint density at radius 1 is 1.43 bits per heavy atom. The number of amidine groups is 1. The highest BCUT2D eigenvalue weighted by Crippen LogP contribution is 2.37. The minimum absolute atomic E-state index is 0.157. The molecule has 0 aliphatic carbocycles. The van der Waals surface area contributed by atoms with Crippen LogP contribution in [0.25, 0.3) is 0 Å². The van der Waals surface area contributed by atoms with Crippen molar-refractivity contribution < 1.29 is 13.6 Å². The average molecular weight is 390 g/mol. The lowest BCUT2D eigenvalue weighted by Gasteiger charge is -2.32. The van der Waals surface area contributed by atoms with Crippen molar-refractivity contribution >= 4 is 29.6 Å². The Labute approximate surface area is 162 Å². The van der Waals surface area contributed by atoms with Crippen molar-refractivity contribution in [2.75, 3.05) is 31.1 Å². The van der Waals surface area contributed by atoms with Gasteiger partial charge in [0.15, 0.2) is 11.7 Å². The number of anilines is 1. The standard InChI is InChI=1S/C19H24F2N6O/c1-3-12-8-26(18(28)25-11-19(2,20)21)10-14(12)13-6-23-16-7-24-17-15(4-5-22-17)27(16)9-13/h4-7,12,14,22H,3,8-11H2,1-2H3,(H,25,28)/t12-,14+/m1/s1. The number of aromatic nitrogens is 1. The van der Waals surface area contributed by atoms with Crippen molar-refractivity contribution in [1.82, 2.24) is 15.2 Å². The number of carbonyl (C=O) groups excluding carboxylic acids is 1. The second kappa shape index (κ2) is 7.03. The van der Waals surface area contributed by atoms with Crippen LogP contribution in [-0.4, -0.2) is 60.1 Å². The first-order valence-electron chi connectivity index (χ1n) is 9.52. The summed E-state index contributed by atoms with van der Waals surface area (Å²) in [6, 6.07) is 1.54. The highest BCUT2D eigenvalue weighted by atomic mass is 19.3. The van der Waals surface area contributed by atoms with Gasteiger partial charge in [0.1, 0.15) is 0 Å². The molecule has 2 atom stereocenters. The first-order chi connectivity index (χ1) is 13.4. The van der Waals surface area contributed by atoms with Gasteiger partial charge in [-0.1, -0.05) is 13.3 Å². The molecular weight excluding hydrogens is 366 g/mol. The van der Waals surface area contributed by atoms with Crippen LogP contribution in [0, 0.1) is 11.8 Å². The highest BCUT2D eigenvalue weighted by Gasteiger charge is 2.38. The van der Waals surface area contributed by atoms with Crippen molar-refractivity contribution in [2.45, 2.75) is 26.2 Å². The largest absolute Gasteiger partial charge is 0.345 e. The third-order valence-corrected chi connectivity index (χ3v) is 5.56. The summed E-state index contributed by atoms with van der Waals surface area (Å²) in [7, 11) is 0. The molecule has 3 aliphatic heterocycles. The van der Waals surface area contributed by atoms with Gasteiger partial charge in [-0.2, -0.15) is 0 Å². The van der Waals surface area contributed by atoms with E-state index in [0.29, 0.717) is 19.6 Å². The van der Waals surface area contributed by atoms with E-state index in [4.69, 9.17) is 0 Å². The number of alkyl halides is 2. The molecule has 4 rings (SSSR count). The number of urea groups is 1.